The Kier molecular flexibility index (Phi) is 3.59. The quantitative estimate of drug-likeness (QED) is 0.839. The summed E-state index contributed by atoms with van der Waals surface area (Å²) >= 11 is 6.10. The van der Waals surface area contributed by atoms with Gasteiger partial charge in [-0.3, -0.25) is 4.68 Å². The third kappa shape index (κ3) is 2.21. The number of nitrogens with zero attached hydrogens (tertiary/aromatic N) is 2. The van der Waals surface area contributed by atoms with Gasteiger partial charge >= 0.3 is 0 Å². The number of hydrogen-bond donors (Lipinski definition) is 2. The molecule has 2 rings (SSSR count). The van der Waals surface area contributed by atoms with Crippen LogP contribution in [-0.4, -0.2) is 14.9 Å². The molecule has 96 valence electrons. The van der Waals surface area contributed by atoms with Crippen molar-refractivity contribution in [3.63, 3.8) is 0 Å². The summed E-state index contributed by atoms with van der Waals surface area (Å²) in [6.45, 7) is 3.96. The normalized spacial score (nSPS) is 12.9. The highest BCUT2D eigenvalue weighted by atomic mass is 35.5. The molecule has 0 fully saturated rings. The predicted molar refractivity (Wildman–Crippen MR) is 72.5 cm³/mol. The molecule has 0 amide bonds. The summed E-state index contributed by atoms with van der Waals surface area (Å²) in [6.07, 6.45) is 0.669. The second-order valence-electron chi connectivity index (χ2n) is 4.45. The molecule has 0 saturated heterocycles. The molecule has 0 spiro atoms. The largest absolute Gasteiger partial charge is 0.398 e. The van der Waals surface area contributed by atoms with Gasteiger partial charge in [0.05, 0.1) is 16.9 Å². The van der Waals surface area contributed by atoms with Crippen molar-refractivity contribution in [2.24, 2.45) is 0 Å². The SMILES string of the molecule is CC(C)n1ncc(Cl)c1C(O)c1ccccc1N. The maximum Gasteiger partial charge on any atom is 0.124 e. The van der Waals surface area contributed by atoms with Crippen molar-refractivity contribution in [3.05, 3.63) is 46.7 Å². The highest BCUT2D eigenvalue weighted by Crippen LogP contribution is 2.32. The number of aromatic nitrogens is 2. The van der Waals surface area contributed by atoms with Crippen LogP contribution >= 0.6 is 11.6 Å². The molecule has 4 nitrogen and oxygen atoms in total. The highest BCUT2D eigenvalue weighted by molar-refractivity contribution is 6.31. The Bertz CT molecular complexity index is 551. The lowest BCUT2D eigenvalue weighted by molar-refractivity contribution is 0.206. The first kappa shape index (κ1) is 12.9. The van der Waals surface area contributed by atoms with Crippen LogP contribution in [0.15, 0.2) is 30.5 Å². The van der Waals surface area contributed by atoms with E-state index in [9.17, 15) is 5.11 Å². The van der Waals surface area contributed by atoms with Gasteiger partial charge in [-0.2, -0.15) is 5.10 Å². The van der Waals surface area contributed by atoms with Gasteiger partial charge in [0.1, 0.15) is 6.10 Å². The van der Waals surface area contributed by atoms with E-state index < -0.39 is 6.10 Å². The predicted octanol–water partition coefficient (Wildman–Crippen LogP) is 2.78. The van der Waals surface area contributed by atoms with E-state index in [1.54, 1.807) is 23.0 Å². The van der Waals surface area contributed by atoms with E-state index in [1.807, 2.05) is 26.0 Å². The number of nitrogens with two attached hydrogens (primary N) is 1. The highest BCUT2D eigenvalue weighted by Gasteiger charge is 2.22. The van der Waals surface area contributed by atoms with Crippen LogP contribution in [-0.2, 0) is 0 Å². The lowest BCUT2D eigenvalue weighted by Crippen LogP contribution is -2.13. The first-order chi connectivity index (χ1) is 8.52. The Balaban J connectivity index is 2.49. The van der Waals surface area contributed by atoms with Crippen molar-refractivity contribution in [1.82, 2.24) is 9.78 Å². The van der Waals surface area contributed by atoms with E-state index in [-0.39, 0.29) is 6.04 Å². The average Bonchev–Trinajstić information content (AvgIpc) is 2.71. The van der Waals surface area contributed by atoms with Crippen LogP contribution in [0.2, 0.25) is 5.02 Å². The number of para-hydroxylation sites is 1. The maximum absolute atomic E-state index is 10.4. The number of benzene rings is 1. The first-order valence-corrected chi connectivity index (χ1v) is 6.15. The van der Waals surface area contributed by atoms with Crippen molar-refractivity contribution in [3.8, 4) is 0 Å². The van der Waals surface area contributed by atoms with E-state index in [0.29, 0.717) is 22.0 Å². The van der Waals surface area contributed by atoms with Crippen molar-refractivity contribution < 1.29 is 5.11 Å². The van der Waals surface area contributed by atoms with Crippen LogP contribution in [0.25, 0.3) is 0 Å². The van der Waals surface area contributed by atoms with Gasteiger partial charge in [0, 0.05) is 17.3 Å². The summed E-state index contributed by atoms with van der Waals surface area (Å²) in [7, 11) is 0. The van der Waals surface area contributed by atoms with Crippen molar-refractivity contribution in [2.45, 2.75) is 26.0 Å². The van der Waals surface area contributed by atoms with Gasteiger partial charge in [0.2, 0.25) is 0 Å². The summed E-state index contributed by atoms with van der Waals surface area (Å²) in [6, 6.07) is 7.31. The molecule has 5 heteroatoms. The average molecular weight is 266 g/mol. The fraction of sp³-hybridized carbons (Fsp3) is 0.308. The van der Waals surface area contributed by atoms with E-state index in [4.69, 9.17) is 17.3 Å². The molecule has 1 heterocycles. The third-order valence-electron chi connectivity index (χ3n) is 2.83. The topological polar surface area (TPSA) is 64.1 Å². The smallest absolute Gasteiger partial charge is 0.124 e. The molecular weight excluding hydrogens is 250 g/mol. The number of nitrogen functional groups attached to an aromatic ring is 1. The molecule has 1 unspecified atom stereocenters. The Hall–Kier alpha value is -1.52. The number of halogens is 1. The zero-order valence-corrected chi connectivity index (χ0v) is 11.1. The molecule has 1 aromatic carbocycles. The molecule has 3 N–H and O–H groups in total. The van der Waals surface area contributed by atoms with E-state index in [2.05, 4.69) is 5.10 Å². The lowest BCUT2D eigenvalue weighted by Gasteiger charge is -2.18. The van der Waals surface area contributed by atoms with Crippen molar-refractivity contribution >= 4 is 17.3 Å². The molecule has 18 heavy (non-hydrogen) atoms. The standard InChI is InChI=1S/C13H16ClN3O/c1-8(2)17-12(10(14)7-16-17)13(18)9-5-3-4-6-11(9)15/h3-8,13,18H,15H2,1-2H3. The monoisotopic (exact) mass is 265 g/mol. The van der Waals surface area contributed by atoms with Crippen LogP contribution < -0.4 is 5.73 Å². The van der Waals surface area contributed by atoms with E-state index >= 15 is 0 Å². The molecular formula is C13H16ClN3O. The van der Waals surface area contributed by atoms with Crippen molar-refractivity contribution in [2.75, 3.05) is 5.73 Å². The molecule has 0 aliphatic rings. The third-order valence-corrected chi connectivity index (χ3v) is 3.12. The van der Waals surface area contributed by atoms with Crippen molar-refractivity contribution in [1.29, 1.82) is 0 Å². The Labute approximate surface area is 111 Å². The molecule has 0 bridgehead atoms. The second-order valence-corrected chi connectivity index (χ2v) is 4.85. The summed E-state index contributed by atoms with van der Waals surface area (Å²) in [5.41, 5.74) is 7.62. The molecule has 0 aliphatic carbocycles. The number of rotatable bonds is 3. The molecule has 0 saturated carbocycles. The maximum atomic E-state index is 10.4. The first-order valence-electron chi connectivity index (χ1n) is 5.77. The van der Waals surface area contributed by atoms with Gasteiger partial charge in [-0.25, -0.2) is 0 Å². The van der Waals surface area contributed by atoms with Gasteiger partial charge in [0.15, 0.2) is 0 Å². The molecule has 0 aliphatic heterocycles. The summed E-state index contributed by atoms with van der Waals surface area (Å²) in [4.78, 5) is 0. The molecule has 0 radical (unpaired) electrons. The van der Waals surface area contributed by atoms with Gasteiger partial charge in [-0.15, -0.1) is 0 Å². The number of aliphatic hydroxyl groups excluding tert-OH is 1. The van der Waals surface area contributed by atoms with Crippen LogP contribution in [0.1, 0.15) is 37.3 Å². The van der Waals surface area contributed by atoms with Gasteiger partial charge in [-0.05, 0) is 19.9 Å². The Morgan fingerprint density at radius 3 is 2.61 bits per heavy atom. The Morgan fingerprint density at radius 2 is 2.00 bits per heavy atom. The number of hydrogen-bond acceptors (Lipinski definition) is 3. The number of anilines is 1. The zero-order valence-electron chi connectivity index (χ0n) is 10.3. The zero-order chi connectivity index (χ0) is 13.3. The van der Waals surface area contributed by atoms with E-state index in [1.165, 1.54) is 0 Å². The van der Waals surface area contributed by atoms with Crippen LogP contribution in [0.3, 0.4) is 0 Å². The minimum absolute atomic E-state index is 0.118. The minimum Gasteiger partial charge on any atom is -0.398 e. The minimum atomic E-state index is -0.872. The van der Waals surface area contributed by atoms with Gasteiger partial charge in [0.25, 0.3) is 0 Å². The van der Waals surface area contributed by atoms with Crippen LogP contribution in [0.4, 0.5) is 5.69 Å². The lowest BCUT2D eigenvalue weighted by atomic mass is 10.0. The summed E-state index contributed by atoms with van der Waals surface area (Å²) in [5, 5.41) is 15.1. The second kappa shape index (κ2) is 5.00. The van der Waals surface area contributed by atoms with Gasteiger partial charge in [-0.1, -0.05) is 29.8 Å². The molecule has 1 aromatic heterocycles. The molecule has 1 atom stereocenters. The van der Waals surface area contributed by atoms with Gasteiger partial charge < -0.3 is 10.8 Å². The summed E-state index contributed by atoms with van der Waals surface area (Å²) < 4.78 is 1.71. The van der Waals surface area contributed by atoms with Crippen LogP contribution in [0, 0.1) is 0 Å². The fourth-order valence-electron chi connectivity index (χ4n) is 1.93. The fourth-order valence-corrected chi connectivity index (χ4v) is 2.16. The van der Waals surface area contributed by atoms with Crippen LogP contribution in [0.5, 0.6) is 0 Å². The summed E-state index contributed by atoms with van der Waals surface area (Å²) in [5.74, 6) is 0. The number of aliphatic hydroxyl groups is 1. The molecule has 2 aromatic rings. The Morgan fingerprint density at radius 1 is 1.33 bits per heavy atom. The van der Waals surface area contributed by atoms with E-state index in [0.717, 1.165) is 0 Å².